The van der Waals surface area contributed by atoms with Crippen LogP contribution >= 0.6 is 0 Å². The summed E-state index contributed by atoms with van der Waals surface area (Å²) in [5, 5.41) is 11.5. The zero-order valence-corrected chi connectivity index (χ0v) is 10.7. The van der Waals surface area contributed by atoms with E-state index in [9.17, 15) is 5.11 Å². The standard InChI is InChI=1S/C15H15N3O/c1-2-18-9-8-17-15(18)14(19)12-5-6-13-11(10-12)4-3-7-16-13/h3-10,14,19H,2H2,1H3. The number of aromatic nitrogens is 3. The maximum absolute atomic E-state index is 10.4. The van der Waals surface area contributed by atoms with Crippen molar-refractivity contribution in [1.29, 1.82) is 0 Å². The van der Waals surface area contributed by atoms with E-state index in [4.69, 9.17) is 0 Å². The number of pyridine rings is 1. The Morgan fingerprint density at radius 2 is 2.11 bits per heavy atom. The number of benzene rings is 1. The number of aryl methyl sites for hydroxylation is 1. The summed E-state index contributed by atoms with van der Waals surface area (Å²) in [7, 11) is 0. The molecule has 4 nitrogen and oxygen atoms in total. The van der Waals surface area contributed by atoms with E-state index in [-0.39, 0.29) is 0 Å². The van der Waals surface area contributed by atoms with Crippen molar-refractivity contribution in [1.82, 2.24) is 14.5 Å². The predicted molar refractivity (Wildman–Crippen MR) is 73.7 cm³/mol. The molecule has 3 rings (SSSR count). The summed E-state index contributed by atoms with van der Waals surface area (Å²) in [4.78, 5) is 8.52. The van der Waals surface area contributed by atoms with Crippen LogP contribution in [0, 0.1) is 0 Å². The summed E-state index contributed by atoms with van der Waals surface area (Å²) in [6.07, 6.45) is 4.65. The third-order valence-electron chi connectivity index (χ3n) is 3.28. The first-order valence-corrected chi connectivity index (χ1v) is 6.33. The number of hydrogen-bond acceptors (Lipinski definition) is 3. The number of aliphatic hydroxyl groups excluding tert-OH is 1. The van der Waals surface area contributed by atoms with E-state index in [1.165, 1.54) is 0 Å². The maximum Gasteiger partial charge on any atom is 0.142 e. The zero-order valence-electron chi connectivity index (χ0n) is 10.7. The highest BCUT2D eigenvalue weighted by atomic mass is 16.3. The molecule has 0 aliphatic rings. The molecule has 19 heavy (non-hydrogen) atoms. The van der Waals surface area contributed by atoms with Gasteiger partial charge in [-0.15, -0.1) is 0 Å². The van der Waals surface area contributed by atoms with Crippen molar-refractivity contribution >= 4 is 10.9 Å². The van der Waals surface area contributed by atoms with Gasteiger partial charge in [-0.3, -0.25) is 4.98 Å². The van der Waals surface area contributed by atoms with Crippen LogP contribution in [-0.2, 0) is 6.54 Å². The Hall–Kier alpha value is -2.20. The molecule has 0 saturated heterocycles. The number of fused-ring (bicyclic) bond motifs is 1. The van der Waals surface area contributed by atoms with Gasteiger partial charge in [0.15, 0.2) is 0 Å². The van der Waals surface area contributed by atoms with Crippen LogP contribution in [0.15, 0.2) is 48.9 Å². The van der Waals surface area contributed by atoms with Crippen LogP contribution in [-0.4, -0.2) is 19.6 Å². The molecule has 3 aromatic rings. The molecule has 0 radical (unpaired) electrons. The van der Waals surface area contributed by atoms with Crippen molar-refractivity contribution < 1.29 is 5.11 Å². The van der Waals surface area contributed by atoms with Crippen LogP contribution < -0.4 is 0 Å². The van der Waals surface area contributed by atoms with Crippen LogP contribution in [0.2, 0.25) is 0 Å². The van der Waals surface area contributed by atoms with Crippen LogP contribution in [0.5, 0.6) is 0 Å². The van der Waals surface area contributed by atoms with Gasteiger partial charge >= 0.3 is 0 Å². The minimum Gasteiger partial charge on any atom is -0.380 e. The monoisotopic (exact) mass is 253 g/mol. The van der Waals surface area contributed by atoms with Gasteiger partial charge in [0, 0.05) is 30.5 Å². The van der Waals surface area contributed by atoms with E-state index in [1.807, 2.05) is 48.0 Å². The van der Waals surface area contributed by atoms with Crippen LogP contribution in [0.4, 0.5) is 0 Å². The highest BCUT2D eigenvalue weighted by Gasteiger charge is 2.15. The average Bonchev–Trinajstić information content (AvgIpc) is 2.94. The normalized spacial score (nSPS) is 12.7. The predicted octanol–water partition coefficient (Wildman–Crippen LogP) is 2.53. The molecule has 2 aromatic heterocycles. The average molecular weight is 253 g/mol. The summed E-state index contributed by atoms with van der Waals surface area (Å²) in [5.41, 5.74) is 1.76. The molecular weight excluding hydrogens is 238 g/mol. The number of nitrogens with zero attached hydrogens (tertiary/aromatic N) is 3. The zero-order chi connectivity index (χ0) is 13.2. The van der Waals surface area contributed by atoms with Crippen molar-refractivity contribution in [2.45, 2.75) is 19.6 Å². The van der Waals surface area contributed by atoms with Gasteiger partial charge in [-0.2, -0.15) is 0 Å². The van der Waals surface area contributed by atoms with Gasteiger partial charge in [-0.1, -0.05) is 12.1 Å². The molecule has 2 heterocycles. The molecule has 1 N–H and O–H groups in total. The van der Waals surface area contributed by atoms with E-state index in [0.29, 0.717) is 5.82 Å². The van der Waals surface area contributed by atoms with Gasteiger partial charge in [-0.05, 0) is 30.7 Å². The summed E-state index contributed by atoms with van der Waals surface area (Å²) in [6, 6.07) is 9.67. The van der Waals surface area contributed by atoms with Crippen LogP contribution in [0.1, 0.15) is 24.4 Å². The third-order valence-corrected chi connectivity index (χ3v) is 3.28. The lowest BCUT2D eigenvalue weighted by Crippen LogP contribution is -2.08. The van der Waals surface area contributed by atoms with Gasteiger partial charge in [0.05, 0.1) is 5.52 Å². The van der Waals surface area contributed by atoms with Crippen LogP contribution in [0.25, 0.3) is 10.9 Å². The molecule has 96 valence electrons. The fourth-order valence-corrected chi connectivity index (χ4v) is 2.25. The first kappa shape index (κ1) is 11.9. The van der Waals surface area contributed by atoms with Crippen LogP contribution in [0.3, 0.4) is 0 Å². The Labute approximate surface area is 111 Å². The Balaban J connectivity index is 2.04. The third kappa shape index (κ3) is 2.11. The van der Waals surface area contributed by atoms with Crippen molar-refractivity contribution in [3.8, 4) is 0 Å². The first-order chi connectivity index (χ1) is 9.29. The molecule has 0 spiro atoms. The highest BCUT2D eigenvalue weighted by Crippen LogP contribution is 2.23. The second-order valence-corrected chi connectivity index (χ2v) is 4.43. The first-order valence-electron chi connectivity index (χ1n) is 6.33. The second kappa shape index (κ2) is 4.82. The smallest absolute Gasteiger partial charge is 0.142 e. The Morgan fingerprint density at radius 1 is 1.21 bits per heavy atom. The van der Waals surface area contributed by atoms with Gasteiger partial charge in [0.25, 0.3) is 0 Å². The highest BCUT2D eigenvalue weighted by molar-refractivity contribution is 5.79. The number of hydrogen-bond donors (Lipinski definition) is 1. The van der Waals surface area contributed by atoms with Crippen molar-refractivity contribution in [2.75, 3.05) is 0 Å². The van der Waals surface area contributed by atoms with Gasteiger partial charge in [0.1, 0.15) is 11.9 Å². The Morgan fingerprint density at radius 3 is 2.95 bits per heavy atom. The molecule has 0 bridgehead atoms. The van der Waals surface area contributed by atoms with Crippen molar-refractivity contribution in [3.63, 3.8) is 0 Å². The molecule has 1 aromatic carbocycles. The fourth-order valence-electron chi connectivity index (χ4n) is 2.25. The molecule has 1 unspecified atom stereocenters. The lowest BCUT2D eigenvalue weighted by molar-refractivity contribution is 0.205. The molecular formula is C15H15N3O. The summed E-state index contributed by atoms with van der Waals surface area (Å²) in [6.45, 7) is 2.82. The van der Waals surface area contributed by atoms with E-state index >= 15 is 0 Å². The van der Waals surface area contributed by atoms with Crippen molar-refractivity contribution in [2.24, 2.45) is 0 Å². The van der Waals surface area contributed by atoms with E-state index in [1.54, 1.807) is 12.4 Å². The summed E-state index contributed by atoms with van der Waals surface area (Å²) in [5.74, 6) is 0.672. The van der Waals surface area contributed by atoms with Gasteiger partial charge < -0.3 is 9.67 Å². The molecule has 0 amide bonds. The molecule has 0 saturated carbocycles. The Bertz CT molecular complexity index is 705. The van der Waals surface area contributed by atoms with E-state index in [0.717, 1.165) is 23.0 Å². The van der Waals surface area contributed by atoms with E-state index < -0.39 is 6.10 Å². The fraction of sp³-hybridized carbons (Fsp3) is 0.200. The minimum absolute atomic E-state index is 0.672. The molecule has 0 aliphatic heterocycles. The molecule has 4 heteroatoms. The second-order valence-electron chi connectivity index (χ2n) is 4.43. The van der Waals surface area contributed by atoms with Crippen molar-refractivity contribution in [3.05, 3.63) is 60.3 Å². The molecule has 0 fully saturated rings. The Kier molecular flexibility index (Phi) is 3.01. The van der Waals surface area contributed by atoms with Gasteiger partial charge in [-0.25, -0.2) is 4.98 Å². The minimum atomic E-state index is -0.709. The SMILES string of the molecule is CCn1ccnc1C(O)c1ccc2ncccc2c1. The summed E-state index contributed by atoms with van der Waals surface area (Å²) >= 11 is 0. The van der Waals surface area contributed by atoms with E-state index in [2.05, 4.69) is 9.97 Å². The quantitative estimate of drug-likeness (QED) is 0.780. The molecule has 1 atom stereocenters. The maximum atomic E-state index is 10.4. The van der Waals surface area contributed by atoms with Gasteiger partial charge in [0.2, 0.25) is 0 Å². The lowest BCUT2D eigenvalue weighted by Gasteiger charge is -2.13. The number of aliphatic hydroxyl groups is 1. The largest absolute Gasteiger partial charge is 0.380 e. The number of imidazole rings is 1. The summed E-state index contributed by atoms with van der Waals surface area (Å²) < 4.78 is 1.94. The molecule has 0 aliphatic carbocycles. The number of rotatable bonds is 3. The lowest BCUT2D eigenvalue weighted by atomic mass is 10.1. The topological polar surface area (TPSA) is 50.9 Å².